The van der Waals surface area contributed by atoms with Gasteiger partial charge in [0.25, 0.3) is 0 Å². The monoisotopic (exact) mass is 555 g/mol. The SMILES string of the molecule is CCc1ccc(-c2nc3c(N4CCN(CCOc5ccc(NC(=O)OCC(C)(C)C)cc5)CC4)cccc3[nH]2)cc1. The molecule has 0 bridgehead atoms. The normalized spacial score (nSPS) is 14.3. The largest absolute Gasteiger partial charge is 0.492 e. The number of piperazine rings is 1. The Morgan fingerprint density at radius 1 is 0.976 bits per heavy atom. The van der Waals surface area contributed by atoms with E-state index in [2.05, 4.69) is 69.5 Å². The quantitative estimate of drug-likeness (QED) is 0.243. The summed E-state index contributed by atoms with van der Waals surface area (Å²) in [6.07, 6.45) is 0.587. The van der Waals surface area contributed by atoms with Gasteiger partial charge in [0.05, 0.1) is 17.8 Å². The van der Waals surface area contributed by atoms with Gasteiger partial charge in [-0.05, 0) is 53.8 Å². The van der Waals surface area contributed by atoms with Crippen LogP contribution < -0.4 is 15.0 Å². The number of hydrogen-bond donors (Lipinski definition) is 2. The number of benzene rings is 3. The summed E-state index contributed by atoms with van der Waals surface area (Å²) in [5.41, 5.74) is 6.33. The summed E-state index contributed by atoms with van der Waals surface area (Å²) in [4.78, 5) is 25.3. The average molecular weight is 556 g/mol. The van der Waals surface area contributed by atoms with Crippen molar-refractivity contribution in [3.05, 3.63) is 72.3 Å². The van der Waals surface area contributed by atoms with Crippen LogP contribution in [0.3, 0.4) is 0 Å². The van der Waals surface area contributed by atoms with E-state index in [1.165, 1.54) is 11.3 Å². The lowest BCUT2D eigenvalue weighted by atomic mass is 9.99. The number of nitrogens with zero attached hydrogens (tertiary/aromatic N) is 3. The number of ether oxygens (including phenoxy) is 2. The summed E-state index contributed by atoms with van der Waals surface area (Å²) in [5.74, 6) is 1.69. The van der Waals surface area contributed by atoms with E-state index in [1.807, 2.05) is 45.0 Å². The fraction of sp³-hybridized carbons (Fsp3) is 0.394. The van der Waals surface area contributed by atoms with Gasteiger partial charge in [-0.25, -0.2) is 9.78 Å². The second-order valence-electron chi connectivity index (χ2n) is 11.8. The first-order valence-electron chi connectivity index (χ1n) is 14.5. The summed E-state index contributed by atoms with van der Waals surface area (Å²) in [5, 5.41) is 2.76. The highest BCUT2D eigenvalue weighted by Crippen LogP contribution is 2.29. The van der Waals surface area contributed by atoms with E-state index >= 15 is 0 Å². The lowest BCUT2D eigenvalue weighted by Crippen LogP contribution is -2.47. The van der Waals surface area contributed by atoms with Crippen LogP contribution in [-0.4, -0.2) is 66.9 Å². The highest BCUT2D eigenvalue weighted by Gasteiger charge is 2.20. The number of amides is 1. The minimum atomic E-state index is -0.446. The summed E-state index contributed by atoms with van der Waals surface area (Å²) in [6, 6.07) is 22.4. The molecular weight excluding hydrogens is 514 g/mol. The van der Waals surface area contributed by atoms with Crippen molar-refractivity contribution < 1.29 is 14.3 Å². The molecule has 1 aliphatic heterocycles. The summed E-state index contributed by atoms with van der Waals surface area (Å²) < 4.78 is 11.2. The zero-order chi connectivity index (χ0) is 28.8. The molecule has 2 N–H and O–H groups in total. The minimum absolute atomic E-state index is 0.0685. The molecule has 8 heteroatoms. The predicted octanol–water partition coefficient (Wildman–Crippen LogP) is 6.59. The number of anilines is 2. The van der Waals surface area contributed by atoms with Crippen molar-refractivity contribution >= 4 is 28.5 Å². The van der Waals surface area contributed by atoms with Crippen molar-refractivity contribution in [3.63, 3.8) is 0 Å². The van der Waals surface area contributed by atoms with E-state index in [4.69, 9.17) is 14.5 Å². The second-order valence-corrected chi connectivity index (χ2v) is 11.8. The molecule has 0 radical (unpaired) electrons. The molecule has 1 aromatic heterocycles. The molecular formula is C33H41N5O3. The van der Waals surface area contributed by atoms with E-state index < -0.39 is 6.09 Å². The molecule has 216 valence electrons. The predicted molar refractivity (Wildman–Crippen MR) is 166 cm³/mol. The van der Waals surface area contributed by atoms with Crippen molar-refractivity contribution in [2.24, 2.45) is 5.41 Å². The number of carbonyl (C=O) groups excluding carboxylic acids is 1. The standard InChI is InChI=1S/C33H41N5O3/c1-5-24-9-11-25(12-10-24)31-35-28-7-6-8-29(30(28)36-31)38-19-17-37(18-20-38)21-22-40-27-15-13-26(14-16-27)34-32(39)41-23-33(2,3)4/h6-16H,5,17-23H2,1-4H3,(H,34,39)(H,35,36). The van der Waals surface area contributed by atoms with Crippen LogP contribution >= 0.6 is 0 Å². The van der Waals surface area contributed by atoms with Crippen LogP contribution in [0.5, 0.6) is 5.75 Å². The highest BCUT2D eigenvalue weighted by atomic mass is 16.5. The van der Waals surface area contributed by atoms with Crippen LogP contribution in [0, 0.1) is 5.41 Å². The molecule has 41 heavy (non-hydrogen) atoms. The zero-order valence-corrected chi connectivity index (χ0v) is 24.6. The van der Waals surface area contributed by atoms with Gasteiger partial charge in [0.2, 0.25) is 0 Å². The maximum absolute atomic E-state index is 12.0. The molecule has 0 saturated carbocycles. The highest BCUT2D eigenvalue weighted by molar-refractivity contribution is 5.91. The van der Waals surface area contributed by atoms with Crippen molar-refractivity contribution in [2.45, 2.75) is 34.1 Å². The zero-order valence-electron chi connectivity index (χ0n) is 24.6. The Hall–Kier alpha value is -4.04. The number of imidazole rings is 1. The maximum Gasteiger partial charge on any atom is 0.411 e. The molecule has 0 atom stereocenters. The smallest absolute Gasteiger partial charge is 0.411 e. The van der Waals surface area contributed by atoms with Crippen LogP contribution in [0.2, 0.25) is 0 Å². The number of aromatic amines is 1. The van der Waals surface area contributed by atoms with Crippen molar-refractivity contribution in [2.75, 3.05) is 56.2 Å². The summed E-state index contributed by atoms with van der Waals surface area (Å²) in [6.45, 7) is 13.9. The van der Waals surface area contributed by atoms with Gasteiger partial charge in [-0.1, -0.05) is 58.0 Å². The molecule has 1 aliphatic rings. The molecule has 5 rings (SSSR count). The first kappa shape index (κ1) is 28.5. The number of para-hydroxylation sites is 1. The molecule has 3 aromatic carbocycles. The molecule has 0 unspecified atom stereocenters. The van der Waals surface area contributed by atoms with Crippen LogP contribution in [0.4, 0.5) is 16.2 Å². The van der Waals surface area contributed by atoms with Gasteiger partial charge in [-0.15, -0.1) is 0 Å². The molecule has 4 aromatic rings. The number of aryl methyl sites for hydroxylation is 1. The van der Waals surface area contributed by atoms with Crippen LogP contribution in [0.25, 0.3) is 22.4 Å². The molecule has 8 nitrogen and oxygen atoms in total. The van der Waals surface area contributed by atoms with Crippen molar-refractivity contribution in [3.8, 4) is 17.1 Å². The first-order valence-corrected chi connectivity index (χ1v) is 14.5. The number of H-pyrrole nitrogens is 1. The van der Waals surface area contributed by atoms with Gasteiger partial charge >= 0.3 is 6.09 Å². The van der Waals surface area contributed by atoms with Gasteiger partial charge < -0.3 is 19.4 Å². The fourth-order valence-electron chi connectivity index (χ4n) is 4.88. The van der Waals surface area contributed by atoms with Crippen molar-refractivity contribution in [1.29, 1.82) is 0 Å². The summed E-state index contributed by atoms with van der Waals surface area (Å²) in [7, 11) is 0. The van der Waals surface area contributed by atoms with Crippen LogP contribution in [-0.2, 0) is 11.2 Å². The molecule has 1 fully saturated rings. The lowest BCUT2D eigenvalue weighted by molar-refractivity contribution is 0.118. The number of carbonyl (C=O) groups is 1. The Kier molecular flexibility index (Phi) is 8.78. The molecule has 1 amide bonds. The third kappa shape index (κ3) is 7.58. The Morgan fingerprint density at radius 2 is 1.71 bits per heavy atom. The first-order chi connectivity index (χ1) is 19.8. The number of aromatic nitrogens is 2. The number of fused-ring (bicyclic) bond motifs is 1. The van der Waals surface area contributed by atoms with E-state index in [1.54, 1.807) is 0 Å². The molecule has 0 spiro atoms. The van der Waals surface area contributed by atoms with E-state index in [9.17, 15) is 4.79 Å². The van der Waals surface area contributed by atoms with Gasteiger partial charge in [0.1, 0.15) is 23.7 Å². The Morgan fingerprint density at radius 3 is 2.39 bits per heavy atom. The Balaban J connectivity index is 1.09. The number of hydrogen-bond acceptors (Lipinski definition) is 6. The lowest BCUT2D eigenvalue weighted by Gasteiger charge is -2.36. The maximum atomic E-state index is 12.0. The second kappa shape index (κ2) is 12.6. The molecule has 2 heterocycles. The minimum Gasteiger partial charge on any atom is -0.492 e. The third-order valence-electron chi connectivity index (χ3n) is 7.25. The number of rotatable bonds is 9. The third-order valence-corrected chi connectivity index (χ3v) is 7.25. The van der Waals surface area contributed by atoms with Crippen LogP contribution in [0.15, 0.2) is 66.7 Å². The molecule has 1 saturated heterocycles. The van der Waals surface area contributed by atoms with E-state index in [0.29, 0.717) is 18.9 Å². The summed E-state index contributed by atoms with van der Waals surface area (Å²) >= 11 is 0. The fourth-order valence-corrected chi connectivity index (χ4v) is 4.88. The number of nitrogens with one attached hydrogen (secondary N) is 2. The van der Waals surface area contributed by atoms with E-state index in [-0.39, 0.29) is 5.41 Å². The van der Waals surface area contributed by atoms with Crippen LogP contribution in [0.1, 0.15) is 33.3 Å². The van der Waals surface area contributed by atoms with Gasteiger partial charge in [-0.3, -0.25) is 10.2 Å². The average Bonchev–Trinajstić information content (AvgIpc) is 3.42. The Bertz CT molecular complexity index is 1430. The molecule has 0 aliphatic carbocycles. The topological polar surface area (TPSA) is 82.7 Å². The van der Waals surface area contributed by atoms with Gasteiger partial charge in [0, 0.05) is 44.0 Å². The van der Waals surface area contributed by atoms with E-state index in [0.717, 1.165) is 67.3 Å². The van der Waals surface area contributed by atoms with Gasteiger partial charge in [0.15, 0.2) is 0 Å². The van der Waals surface area contributed by atoms with Gasteiger partial charge in [-0.2, -0.15) is 0 Å². The van der Waals surface area contributed by atoms with Crippen molar-refractivity contribution in [1.82, 2.24) is 14.9 Å². The Labute approximate surface area is 242 Å².